The van der Waals surface area contributed by atoms with Gasteiger partial charge in [-0.2, -0.15) is 5.26 Å². The summed E-state index contributed by atoms with van der Waals surface area (Å²) in [4.78, 5) is 25.4. The predicted molar refractivity (Wildman–Crippen MR) is 105 cm³/mol. The molecule has 0 bridgehead atoms. The van der Waals surface area contributed by atoms with Crippen molar-refractivity contribution in [1.82, 2.24) is 4.57 Å². The highest BCUT2D eigenvalue weighted by Crippen LogP contribution is 2.24. The van der Waals surface area contributed by atoms with Crippen molar-refractivity contribution in [3.63, 3.8) is 0 Å². The molecular formula is C22H20N2O5. The van der Waals surface area contributed by atoms with E-state index in [1.807, 2.05) is 32.0 Å². The molecule has 1 N–H and O–H groups in total. The summed E-state index contributed by atoms with van der Waals surface area (Å²) in [7, 11) is 0. The quantitative estimate of drug-likeness (QED) is 0.646. The smallest absolute Gasteiger partial charge is 0.271 e. The second-order valence-corrected chi connectivity index (χ2v) is 6.74. The van der Waals surface area contributed by atoms with Gasteiger partial charge >= 0.3 is 0 Å². The van der Waals surface area contributed by atoms with Crippen LogP contribution in [0, 0.1) is 32.1 Å². The van der Waals surface area contributed by atoms with Gasteiger partial charge < -0.3 is 14.3 Å². The van der Waals surface area contributed by atoms with E-state index in [9.17, 15) is 20.0 Å². The van der Waals surface area contributed by atoms with Crippen LogP contribution in [0.15, 0.2) is 45.8 Å². The van der Waals surface area contributed by atoms with E-state index < -0.39 is 17.2 Å². The topological polar surface area (TPSA) is 105 Å². The third kappa shape index (κ3) is 3.92. The summed E-state index contributed by atoms with van der Waals surface area (Å²) < 4.78 is 11.7. The highest BCUT2D eigenvalue weighted by molar-refractivity contribution is 6.01. The summed E-state index contributed by atoms with van der Waals surface area (Å²) in [6, 6.07) is 10.5. The summed E-state index contributed by atoms with van der Waals surface area (Å²) in [5, 5.41) is 20.1. The number of hydrogen-bond donors (Lipinski definition) is 1. The number of carbonyl (C=O) groups excluding carboxylic acids is 1. The number of benzene rings is 1. The fourth-order valence-electron chi connectivity index (χ4n) is 3.01. The molecule has 148 valence electrons. The van der Waals surface area contributed by atoms with Gasteiger partial charge in [0.05, 0.1) is 18.4 Å². The number of nitriles is 1. The molecule has 0 amide bonds. The van der Waals surface area contributed by atoms with E-state index in [2.05, 4.69) is 0 Å². The largest absolute Gasteiger partial charge is 0.494 e. The molecule has 2 aromatic heterocycles. The van der Waals surface area contributed by atoms with Gasteiger partial charge in [0, 0.05) is 0 Å². The number of ether oxygens (including phenoxy) is 1. The van der Waals surface area contributed by atoms with E-state index in [1.54, 1.807) is 18.2 Å². The Hall–Kier alpha value is -3.79. The maximum atomic E-state index is 12.8. The molecule has 0 radical (unpaired) electrons. The average molecular weight is 392 g/mol. The Morgan fingerprint density at radius 3 is 2.62 bits per heavy atom. The van der Waals surface area contributed by atoms with Crippen LogP contribution in [-0.4, -0.2) is 22.1 Å². The third-order valence-corrected chi connectivity index (χ3v) is 4.82. The van der Waals surface area contributed by atoms with Crippen LogP contribution < -0.4 is 10.3 Å². The number of pyridine rings is 1. The van der Waals surface area contributed by atoms with Crippen molar-refractivity contribution in [3.05, 3.63) is 80.5 Å². The van der Waals surface area contributed by atoms with Crippen LogP contribution in [0.4, 0.5) is 0 Å². The molecule has 0 saturated carbocycles. The van der Waals surface area contributed by atoms with Crippen molar-refractivity contribution in [2.24, 2.45) is 0 Å². The van der Waals surface area contributed by atoms with E-state index >= 15 is 0 Å². The Kier molecular flexibility index (Phi) is 5.55. The Balaban J connectivity index is 1.96. The van der Waals surface area contributed by atoms with Crippen LogP contribution in [0.5, 0.6) is 11.6 Å². The van der Waals surface area contributed by atoms with Crippen molar-refractivity contribution in [3.8, 4) is 17.7 Å². The van der Waals surface area contributed by atoms with E-state index in [1.165, 1.54) is 13.2 Å². The fraction of sp³-hybridized carbons (Fsp3) is 0.227. The Morgan fingerprint density at radius 2 is 2.00 bits per heavy atom. The van der Waals surface area contributed by atoms with Crippen LogP contribution in [0.25, 0.3) is 0 Å². The van der Waals surface area contributed by atoms with E-state index in [4.69, 9.17) is 9.15 Å². The van der Waals surface area contributed by atoms with Gasteiger partial charge in [0.2, 0.25) is 11.7 Å². The van der Waals surface area contributed by atoms with Crippen LogP contribution in [0.3, 0.4) is 0 Å². The number of aryl methyl sites for hydroxylation is 2. The first kappa shape index (κ1) is 20.0. The molecule has 0 atom stereocenters. The minimum Gasteiger partial charge on any atom is -0.494 e. The first-order valence-corrected chi connectivity index (χ1v) is 8.95. The molecule has 1 aromatic carbocycles. The number of rotatable bonds is 6. The van der Waals surface area contributed by atoms with Crippen LogP contribution >= 0.6 is 0 Å². The zero-order chi connectivity index (χ0) is 21.1. The number of nitrogens with zero attached hydrogens (tertiary/aromatic N) is 2. The van der Waals surface area contributed by atoms with Crippen molar-refractivity contribution < 1.29 is 19.1 Å². The molecular weight excluding hydrogens is 372 g/mol. The first-order chi connectivity index (χ1) is 13.8. The SMILES string of the molecule is Cc1ccc(OCC(=O)c2c(C)c(C#N)c(=O)n(Cc3ccco3)c2O)cc1C. The van der Waals surface area contributed by atoms with Crippen LogP contribution in [-0.2, 0) is 6.54 Å². The lowest BCUT2D eigenvalue weighted by Crippen LogP contribution is -2.28. The number of furan rings is 1. The number of aromatic nitrogens is 1. The molecule has 2 heterocycles. The number of ketones is 1. The Bertz CT molecular complexity index is 1170. The van der Waals surface area contributed by atoms with Gasteiger partial charge in [-0.05, 0) is 61.7 Å². The van der Waals surface area contributed by atoms with E-state index in [0.29, 0.717) is 11.5 Å². The summed E-state index contributed by atoms with van der Waals surface area (Å²) in [6.07, 6.45) is 1.43. The van der Waals surface area contributed by atoms with Gasteiger partial charge in [0.15, 0.2) is 6.61 Å². The standard InChI is InChI=1S/C22H20N2O5/c1-13-6-7-16(9-14(13)2)29-12-19(25)20-15(3)18(10-23)21(26)24(22(20)27)11-17-5-4-8-28-17/h4-9,27H,11-12H2,1-3H3. The molecule has 0 spiro atoms. The van der Waals surface area contributed by atoms with Gasteiger partial charge in [-0.3, -0.25) is 14.2 Å². The first-order valence-electron chi connectivity index (χ1n) is 8.95. The molecule has 0 saturated heterocycles. The highest BCUT2D eigenvalue weighted by atomic mass is 16.5. The van der Waals surface area contributed by atoms with E-state index in [-0.39, 0.29) is 29.8 Å². The average Bonchev–Trinajstić information content (AvgIpc) is 3.20. The van der Waals surface area contributed by atoms with Crippen molar-refractivity contribution in [1.29, 1.82) is 5.26 Å². The van der Waals surface area contributed by atoms with Crippen molar-refractivity contribution >= 4 is 5.78 Å². The van der Waals surface area contributed by atoms with Crippen molar-refractivity contribution in [2.45, 2.75) is 27.3 Å². The monoisotopic (exact) mass is 392 g/mol. The fourth-order valence-corrected chi connectivity index (χ4v) is 3.01. The number of aromatic hydroxyl groups is 1. The van der Waals surface area contributed by atoms with Crippen molar-refractivity contribution in [2.75, 3.05) is 6.61 Å². The van der Waals surface area contributed by atoms with Gasteiger partial charge in [0.25, 0.3) is 5.56 Å². The molecule has 3 rings (SSSR count). The minimum absolute atomic E-state index is 0.106. The lowest BCUT2D eigenvalue weighted by atomic mass is 10.0. The molecule has 0 aliphatic heterocycles. The molecule has 7 heteroatoms. The maximum absolute atomic E-state index is 12.8. The second kappa shape index (κ2) is 8.07. The highest BCUT2D eigenvalue weighted by Gasteiger charge is 2.24. The third-order valence-electron chi connectivity index (χ3n) is 4.82. The summed E-state index contributed by atoms with van der Waals surface area (Å²) in [5.74, 6) is -0.137. The Morgan fingerprint density at radius 1 is 1.24 bits per heavy atom. The van der Waals surface area contributed by atoms with Gasteiger partial charge in [0.1, 0.15) is 23.1 Å². The zero-order valence-corrected chi connectivity index (χ0v) is 16.4. The summed E-state index contributed by atoms with van der Waals surface area (Å²) in [5.41, 5.74) is 1.24. The van der Waals surface area contributed by atoms with Crippen LogP contribution in [0.1, 0.15) is 38.4 Å². The number of carbonyl (C=O) groups is 1. The Labute approximate surface area is 167 Å². The minimum atomic E-state index is -0.689. The summed E-state index contributed by atoms with van der Waals surface area (Å²) >= 11 is 0. The van der Waals surface area contributed by atoms with Crippen LogP contribution in [0.2, 0.25) is 0 Å². The number of hydrogen-bond acceptors (Lipinski definition) is 6. The normalized spacial score (nSPS) is 10.6. The molecule has 0 fully saturated rings. The molecule has 0 unspecified atom stereocenters. The zero-order valence-electron chi connectivity index (χ0n) is 16.4. The molecule has 3 aromatic rings. The van der Waals surface area contributed by atoms with Gasteiger partial charge in [-0.25, -0.2) is 0 Å². The lowest BCUT2D eigenvalue weighted by Gasteiger charge is -2.15. The summed E-state index contributed by atoms with van der Waals surface area (Å²) in [6.45, 7) is 4.91. The van der Waals surface area contributed by atoms with Gasteiger partial charge in [-0.1, -0.05) is 6.07 Å². The van der Waals surface area contributed by atoms with Gasteiger partial charge in [-0.15, -0.1) is 0 Å². The second-order valence-electron chi connectivity index (χ2n) is 6.74. The van der Waals surface area contributed by atoms with E-state index in [0.717, 1.165) is 15.7 Å². The maximum Gasteiger partial charge on any atom is 0.271 e. The number of Topliss-reactive ketones (excluding diaryl/α,β-unsaturated/α-hetero) is 1. The predicted octanol–water partition coefficient (Wildman–Crippen LogP) is 3.25. The molecule has 0 aliphatic carbocycles. The molecule has 0 aliphatic rings. The molecule has 29 heavy (non-hydrogen) atoms. The molecule has 7 nitrogen and oxygen atoms in total. The lowest BCUT2D eigenvalue weighted by molar-refractivity contribution is 0.0916.